The van der Waals surface area contributed by atoms with Gasteiger partial charge >= 0.3 is 18.6 Å². The average molecular weight is 349 g/mol. The molecule has 0 aliphatic rings. The smallest absolute Gasteiger partial charge is 0.387 e. The molecule has 0 unspecified atom stereocenters. The highest BCUT2D eigenvalue weighted by Crippen LogP contribution is 2.15. The molecule has 0 amide bonds. The molecule has 0 bridgehead atoms. The van der Waals surface area contributed by atoms with Gasteiger partial charge in [-0.3, -0.25) is 19.7 Å². The Morgan fingerprint density at radius 3 is 2.00 bits per heavy atom. The highest BCUT2D eigenvalue weighted by Gasteiger charge is 2.07. The molecule has 0 aliphatic heterocycles. The molecule has 8 nitrogen and oxygen atoms in total. The number of nitrogens with zero attached hydrogens (tertiary/aromatic N) is 1. The van der Waals surface area contributed by atoms with Crippen LogP contribution in [-0.4, -0.2) is 44.2 Å². The molecule has 0 aliphatic carbocycles. The van der Waals surface area contributed by atoms with Crippen LogP contribution in [-0.2, 0) is 25.5 Å². The lowest BCUT2D eigenvalue weighted by Crippen LogP contribution is -2.09. The molecule has 0 heterocycles. The quantitative estimate of drug-likeness (QED) is 0.320. The zero-order valence-electron chi connectivity index (χ0n) is 13.1. The summed E-state index contributed by atoms with van der Waals surface area (Å²) in [5.41, 5.74) is 0.716. The molecule has 0 N–H and O–H groups in total. The number of benzene rings is 1. The molecule has 1 rings (SSSR count). The normalized spacial score (nSPS) is 9.54. The third kappa shape index (κ3) is 10.9. The third-order valence-corrected chi connectivity index (χ3v) is 2.48. The maximum atomic E-state index is 11.8. The predicted molar refractivity (Wildman–Crippen MR) is 77.3 cm³/mol. The van der Waals surface area contributed by atoms with Gasteiger partial charge in [-0.25, -0.2) is 0 Å². The summed E-state index contributed by atoms with van der Waals surface area (Å²) in [5, 5.41) is 10.1. The number of alkyl halides is 2. The first kappa shape index (κ1) is 21.2. The van der Waals surface area contributed by atoms with Crippen molar-refractivity contribution in [2.75, 3.05) is 20.8 Å². The Hall–Kier alpha value is -2.78. The summed E-state index contributed by atoms with van der Waals surface area (Å²) in [6.07, 6.45) is -0.0328. The van der Waals surface area contributed by atoms with Crippen molar-refractivity contribution in [3.8, 4) is 5.75 Å². The van der Waals surface area contributed by atoms with Gasteiger partial charge in [0.05, 0.1) is 14.2 Å². The Morgan fingerprint density at radius 1 is 1.12 bits per heavy atom. The molecule has 10 heteroatoms. The van der Waals surface area contributed by atoms with Crippen LogP contribution in [0.1, 0.15) is 12.0 Å². The molecule has 0 fully saturated rings. The highest BCUT2D eigenvalue weighted by atomic mass is 19.3. The maximum Gasteiger partial charge on any atom is 0.387 e. The number of carbonyl (C=O) groups excluding carboxylic acids is 2. The van der Waals surface area contributed by atoms with Gasteiger partial charge in [0.2, 0.25) is 6.54 Å². The first-order valence-electron chi connectivity index (χ1n) is 6.57. The van der Waals surface area contributed by atoms with Gasteiger partial charge in [0, 0.05) is 11.3 Å². The van der Waals surface area contributed by atoms with Crippen molar-refractivity contribution in [1.82, 2.24) is 0 Å². The number of esters is 2. The van der Waals surface area contributed by atoms with Crippen molar-refractivity contribution >= 4 is 11.9 Å². The van der Waals surface area contributed by atoms with E-state index >= 15 is 0 Å². The van der Waals surface area contributed by atoms with Crippen LogP contribution < -0.4 is 4.74 Å². The van der Waals surface area contributed by atoms with Crippen LogP contribution in [0.4, 0.5) is 8.78 Å². The standard InChI is InChI=1S/C9H9F2NO3.C5H8O4/c10-9(11)15-8-3-1-7(2-4-8)5-6-12(13)14;1-8-4(6)3-5(7)9-2/h1-4,9H,5-6H2;3H2,1-2H3. The summed E-state index contributed by atoms with van der Waals surface area (Å²) in [6.45, 7) is -3.02. The van der Waals surface area contributed by atoms with E-state index in [1.54, 1.807) is 0 Å². The number of rotatable bonds is 7. The number of halogens is 2. The summed E-state index contributed by atoms with van der Waals surface area (Å²) in [6, 6.07) is 5.78. The van der Waals surface area contributed by atoms with E-state index in [1.807, 2.05) is 0 Å². The molecular formula is C14H17F2NO7. The number of methoxy groups -OCH3 is 2. The molecule has 134 valence electrons. The molecule has 1 aromatic rings. The molecule has 0 saturated carbocycles. The Labute approximate surface area is 136 Å². The Morgan fingerprint density at radius 2 is 1.62 bits per heavy atom. The first-order chi connectivity index (χ1) is 11.3. The van der Waals surface area contributed by atoms with Crippen molar-refractivity contribution in [1.29, 1.82) is 0 Å². The van der Waals surface area contributed by atoms with Crippen molar-refractivity contribution < 1.29 is 37.5 Å². The summed E-state index contributed by atoms with van der Waals surface area (Å²) in [7, 11) is 2.43. The SMILES string of the molecule is COC(=O)CC(=O)OC.O=[N+]([O-])CCc1ccc(OC(F)F)cc1. The maximum absolute atomic E-state index is 11.8. The largest absolute Gasteiger partial charge is 0.469 e. The van der Waals surface area contributed by atoms with Crippen LogP contribution in [0, 0.1) is 10.1 Å². The van der Waals surface area contributed by atoms with Gasteiger partial charge in [-0.2, -0.15) is 8.78 Å². The monoisotopic (exact) mass is 349 g/mol. The van der Waals surface area contributed by atoms with E-state index in [-0.39, 0.29) is 25.1 Å². The van der Waals surface area contributed by atoms with Crippen LogP contribution in [0.2, 0.25) is 0 Å². The Balaban J connectivity index is 0.000000506. The molecule has 0 saturated heterocycles. The van der Waals surface area contributed by atoms with Gasteiger partial charge in [0.1, 0.15) is 12.2 Å². The van der Waals surface area contributed by atoms with E-state index in [1.165, 1.54) is 38.5 Å². The summed E-state index contributed by atoms with van der Waals surface area (Å²) in [5.74, 6) is -1.11. The Bertz CT molecular complexity index is 520. The van der Waals surface area contributed by atoms with Crippen LogP contribution in [0.3, 0.4) is 0 Å². The zero-order valence-corrected chi connectivity index (χ0v) is 13.1. The van der Waals surface area contributed by atoms with E-state index in [0.29, 0.717) is 5.56 Å². The van der Waals surface area contributed by atoms with Crippen LogP contribution in [0.5, 0.6) is 5.75 Å². The minimum Gasteiger partial charge on any atom is -0.469 e. The van der Waals surface area contributed by atoms with E-state index < -0.39 is 23.5 Å². The van der Waals surface area contributed by atoms with Crippen LogP contribution in [0.25, 0.3) is 0 Å². The van der Waals surface area contributed by atoms with Crippen LogP contribution >= 0.6 is 0 Å². The van der Waals surface area contributed by atoms with Gasteiger partial charge in [0.25, 0.3) is 0 Å². The van der Waals surface area contributed by atoms with Gasteiger partial charge in [0.15, 0.2) is 0 Å². The Kier molecular flexibility index (Phi) is 10.4. The summed E-state index contributed by atoms with van der Waals surface area (Å²) >= 11 is 0. The molecule has 0 spiro atoms. The average Bonchev–Trinajstić information content (AvgIpc) is 2.54. The van der Waals surface area contributed by atoms with Crippen LogP contribution in [0.15, 0.2) is 24.3 Å². The van der Waals surface area contributed by atoms with Crippen molar-refractivity contribution in [3.63, 3.8) is 0 Å². The van der Waals surface area contributed by atoms with Crippen molar-refractivity contribution in [3.05, 3.63) is 39.9 Å². The summed E-state index contributed by atoms with van der Waals surface area (Å²) < 4.78 is 36.0. The third-order valence-electron chi connectivity index (χ3n) is 2.48. The summed E-state index contributed by atoms with van der Waals surface area (Å²) in [4.78, 5) is 30.2. The van der Waals surface area contributed by atoms with E-state index in [2.05, 4.69) is 14.2 Å². The predicted octanol–water partition coefficient (Wildman–Crippen LogP) is 1.83. The minimum atomic E-state index is -2.85. The number of ether oxygens (including phenoxy) is 3. The van der Waals surface area contributed by atoms with Crippen molar-refractivity contribution in [2.24, 2.45) is 0 Å². The second-order valence-electron chi connectivity index (χ2n) is 4.16. The lowest BCUT2D eigenvalue weighted by atomic mass is 10.1. The molecule has 0 atom stereocenters. The number of carbonyl (C=O) groups is 2. The topological polar surface area (TPSA) is 105 Å². The van der Waals surface area contributed by atoms with Gasteiger partial charge in [-0.1, -0.05) is 12.1 Å². The number of nitro groups is 1. The van der Waals surface area contributed by atoms with Gasteiger partial charge in [-0.15, -0.1) is 0 Å². The molecule has 24 heavy (non-hydrogen) atoms. The molecule has 0 radical (unpaired) electrons. The van der Waals surface area contributed by atoms with E-state index in [9.17, 15) is 28.5 Å². The minimum absolute atomic E-state index is 0.0508. The number of hydrogen-bond donors (Lipinski definition) is 0. The number of hydrogen-bond acceptors (Lipinski definition) is 7. The van der Waals surface area contributed by atoms with Gasteiger partial charge in [-0.05, 0) is 17.7 Å². The lowest BCUT2D eigenvalue weighted by Gasteiger charge is -2.04. The second kappa shape index (κ2) is 11.7. The fourth-order valence-corrected chi connectivity index (χ4v) is 1.32. The highest BCUT2D eigenvalue weighted by molar-refractivity contribution is 5.90. The first-order valence-corrected chi connectivity index (χ1v) is 6.57. The fourth-order valence-electron chi connectivity index (χ4n) is 1.32. The molecule has 1 aromatic carbocycles. The second-order valence-corrected chi connectivity index (χ2v) is 4.16. The van der Waals surface area contributed by atoms with Crippen molar-refractivity contribution in [2.45, 2.75) is 19.5 Å². The molecular weight excluding hydrogens is 332 g/mol. The fraction of sp³-hybridized carbons (Fsp3) is 0.429. The van der Waals surface area contributed by atoms with Gasteiger partial charge < -0.3 is 14.2 Å². The molecule has 0 aromatic heterocycles. The zero-order chi connectivity index (χ0) is 18.5. The van der Waals surface area contributed by atoms with E-state index in [0.717, 1.165) is 0 Å². The lowest BCUT2D eigenvalue weighted by molar-refractivity contribution is -0.479. The van der Waals surface area contributed by atoms with E-state index in [4.69, 9.17) is 0 Å².